The van der Waals surface area contributed by atoms with Gasteiger partial charge in [-0.25, -0.2) is 0 Å². The number of rotatable bonds is 0. The van der Waals surface area contributed by atoms with Gasteiger partial charge in [-0.3, -0.25) is 0 Å². The molecule has 0 heterocycles. The summed E-state index contributed by atoms with van der Waals surface area (Å²) in [5, 5.41) is 0. The van der Waals surface area contributed by atoms with Crippen molar-refractivity contribution in [2.75, 3.05) is 0 Å². The zero-order valence-electron chi connectivity index (χ0n) is 6.81. The molecule has 1 aliphatic rings. The lowest BCUT2D eigenvalue weighted by Crippen LogP contribution is -1.81. The fourth-order valence-electron chi connectivity index (χ4n) is 1.47. The maximum absolute atomic E-state index is 2.35. The van der Waals surface area contributed by atoms with Crippen LogP contribution < -0.4 is 0 Å². The summed E-state index contributed by atoms with van der Waals surface area (Å²) in [6, 6.07) is 0. The summed E-state index contributed by atoms with van der Waals surface area (Å²) >= 11 is 0. The molecule has 0 aliphatic heterocycles. The zero-order chi connectivity index (χ0) is 7.07. The molecule has 0 N–H and O–H groups in total. The second-order valence-electron chi connectivity index (χ2n) is 3.17. The zero-order valence-corrected chi connectivity index (χ0v) is 6.81. The van der Waals surface area contributed by atoms with E-state index in [4.69, 9.17) is 0 Å². The molecule has 0 nitrogen and oxygen atoms in total. The SMILES string of the molecule is C1=C\CCCCCCCC/1. The van der Waals surface area contributed by atoms with Crippen LogP contribution in [0.3, 0.4) is 0 Å². The van der Waals surface area contributed by atoms with E-state index in [1.165, 1.54) is 51.4 Å². The fourth-order valence-corrected chi connectivity index (χ4v) is 1.47. The van der Waals surface area contributed by atoms with Gasteiger partial charge >= 0.3 is 0 Å². The van der Waals surface area contributed by atoms with Gasteiger partial charge in [0.15, 0.2) is 0 Å². The molecule has 0 saturated carbocycles. The molecular formula is C10H18. The van der Waals surface area contributed by atoms with E-state index >= 15 is 0 Å². The molecule has 0 unspecified atom stereocenters. The van der Waals surface area contributed by atoms with Crippen LogP contribution in [0, 0.1) is 0 Å². The van der Waals surface area contributed by atoms with Crippen LogP contribution in [0.2, 0.25) is 0 Å². The predicted molar refractivity (Wildman–Crippen MR) is 46.1 cm³/mol. The highest BCUT2D eigenvalue weighted by molar-refractivity contribution is 4.81. The molecule has 0 radical (unpaired) electrons. The Kier molecular flexibility index (Phi) is 4.33. The summed E-state index contributed by atoms with van der Waals surface area (Å²) in [4.78, 5) is 0. The van der Waals surface area contributed by atoms with Gasteiger partial charge in [0, 0.05) is 0 Å². The van der Waals surface area contributed by atoms with Crippen LogP contribution in [0.25, 0.3) is 0 Å². The third-order valence-electron chi connectivity index (χ3n) is 2.16. The first kappa shape index (κ1) is 7.84. The Morgan fingerprint density at radius 1 is 0.500 bits per heavy atom. The van der Waals surface area contributed by atoms with E-state index in [1.54, 1.807) is 0 Å². The Hall–Kier alpha value is -0.260. The van der Waals surface area contributed by atoms with Crippen molar-refractivity contribution in [3.8, 4) is 0 Å². The first-order chi connectivity index (χ1) is 5.00. The Morgan fingerprint density at radius 2 is 0.900 bits per heavy atom. The smallest absolute Gasteiger partial charge is 0.0351 e. The third-order valence-corrected chi connectivity index (χ3v) is 2.16. The van der Waals surface area contributed by atoms with Crippen molar-refractivity contribution in [1.29, 1.82) is 0 Å². The Balaban J connectivity index is 2.13. The van der Waals surface area contributed by atoms with Crippen LogP contribution in [0.4, 0.5) is 0 Å². The molecule has 0 bridgehead atoms. The summed E-state index contributed by atoms with van der Waals surface area (Å²) in [7, 11) is 0. The molecule has 0 fully saturated rings. The average Bonchev–Trinajstić information content (AvgIpc) is 2.01. The van der Waals surface area contributed by atoms with Crippen molar-refractivity contribution in [3.05, 3.63) is 12.2 Å². The van der Waals surface area contributed by atoms with Crippen molar-refractivity contribution in [1.82, 2.24) is 0 Å². The molecule has 0 aromatic carbocycles. The van der Waals surface area contributed by atoms with Crippen molar-refractivity contribution >= 4 is 0 Å². The van der Waals surface area contributed by atoms with Crippen molar-refractivity contribution in [2.24, 2.45) is 0 Å². The normalized spacial score (nSPS) is 25.6. The minimum Gasteiger partial charge on any atom is -0.0885 e. The lowest BCUT2D eigenvalue weighted by molar-refractivity contribution is 0.592. The quantitative estimate of drug-likeness (QED) is 0.448. The topological polar surface area (TPSA) is 0 Å². The molecular weight excluding hydrogens is 120 g/mol. The van der Waals surface area contributed by atoms with Gasteiger partial charge in [-0.15, -0.1) is 0 Å². The minimum absolute atomic E-state index is 1.32. The maximum Gasteiger partial charge on any atom is -0.0351 e. The lowest BCUT2D eigenvalue weighted by Gasteiger charge is -2.01. The van der Waals surface area contributed by atoms with Crippen LogP contribution in [0.1, 0.15) is 51.4 Å². The summed E-state index contributed by atoms with van der Waals surface area (Å²) < 4.78 is 0. The van der Waals surface area contributed by atoms with Crippen LogP contribution >= 0.6 is 0 Å². The van der Waals surface area contributed by atoms with Gasteiger partial charge in [-0.05, 0) is 25.7 Å². The standard InChI is InChI=1S/C10H18/c1-2-4-6-8-10-9-7-5-3-1/h1-2H,3-10H2/b2-1-. The second-order valence-corrected chi connectivity index (χ2v) is 3.17. The molecule has 0 aromatic heterocycles. The molecule has 0 saturated heterocycles. The van der Waals surface area contributed by atoms with Crippen LogP contribution in [-0.2, 0) is 0 Å². The summed E-state index contributed by atoms with van der Waals surface area (Å²) in [6.07, 6.45) is 16.0. The molecule has 0 heteroatoms. The van der Waals surface area contributed by atoms with E-state index in [-0.39, 0.29) is 0 Å². The molecule has 0 aromatic rings. The monoisotopic (exact) mass is 138 g/mol. The number of allylic oxidation sites excluding steroid dienone is 2. The lowest BCUT2D eigenvalue weighted by atomic mass is 10.1. The predicted octanol–water partition coefficient (Wildman–Crippen LogP) is 3.68. The van der Waals surface area contributed by atoms with Gasteiger partial charge in [0.1, 0.15) is 0 Å². The van der Waals surface area contributed by atoms with Gasteiger partial charge in [0.25, 0.3) is 0 Å². The van der Waals surface area contributed by atoms with Crippen molar-refractivity contribution < 1.29 is 0 Å². The highest BCUT2D eigenvalue weighted by atomic mass is 14.0. The largest absolute Gasteiger partial charge is 0.0885 e. The van der Waals surface area contributed by atoms with E-state index in [2.05, 4.69) is 12.2 Å². The van der Waals surface area contributed by atoms with E-state index in [0.717, 1.165) is 0 Å². The molecule has 0 amide bonds. The third kappa shape index (κ3) is 3.71. The molecule has 0 atom stereocenters. The second kappa shape index (κ2) is 5.52. The van der Waals surface area contributed by atoms with Crippen molar-refractivity contribution in [2.45, 2.75) is 51.4 Å². The molecule has 10 heavy (non-hydrogen) atoms. The van der Waals surface area contributed by atoms with Gasteiger partial charge in [-0.2, -0.15) is 0 Å². The maximum atomic E-state index is 2.35. The van der Waals surface area contributed by atoms with Gasteiger partial charge in [-0.1, -0.05) is 37.8 Å². The summed E-state index contributed by atoms with van der Waals surface area (Å²) in [5.74, 6) is 0. The van der Waals surface area contributed by atoms with Crippen LogP contribution in [0.5, 0.6) is 0 Å². The van der Waals surface area contributed by atoms with Crippen molar-refractivity contribution in [3.63, 3.8) is 0 Å². The van der Waals surface area contributed by atoms with E-state index < -0.39 is 0 Å². The Labute approximate surface area is 64.3 Å². The molecule has 0 spiro atoms. The number of hydrogen-bond donors (Lipinski definition) is 0. The van der Waals surface area contributed by atoms with Crippen LogP contribution in [-0.4, -0.2) is 0 Å². The van der Waals surface area contributed by atoms with Gasteiger partial charge in [0.05, 0.1) is 0 Å². The Morgan fingerprint density at radius 3 is 1.40 bits per heavy atom. The van der Waals surface area contributed by atoms with Gasteiger partial charge < -0.3 is 0 Å². The fraction of sp³-hybridized carbons (Fsp3) is 0.800. The van der Waals surface area contributed by atoms with E-state index in [9.17, 15) is 0 Å². The first-order valence-corrected chi connectivity index (χ1v) is 4.65. The summed E-state index contributed by atoms with van der Waals surface area (Å²) in [6.45, 7) is 0. The minimum atomic E-state index is 1.32. The summed E-state index contributed by atoms with van der Waals surface area (Å²) in [5.41, 5.74) is 0. The number of hydrogen-bond acceptors (Lipinski definition) is 0. The molecule has 58 valence electrons. The van der Waals surface area contributed by atoms with Crippen LogP contribution in [0.15, 0.2) is 12.2 Å². The first-order valence-electron chi connectivity index (χ1n) is 4.65. The molecule has 1 rings (SSSR count). The Bertz CT molecular complexity index is 80.2. The van der Waals surface area contributed by atoms with E-state index in [0.29, 0.717) is 0 Å². The molecule has 1 aliphatic carbocycles. The van der Waals surface area contributed by atoms with Gasteiger partial charge in [0.2, 0.25) is 0 Å². The average molecular weight is 138 g/mol. The highest BCUT2D eigenvalue weighted by Crippen LogP contribution is 2.11. The highest BCUT2D eigenvalue weighted by Gasteiger charge is 1.91. The van der Waals surface area contributed by atoms with E-state index in [1.807, 2.05) is 0 Å².